The molecule has 1 saturated heterocycles. The summed E-state index contributed by atoms with van der Waals surface area (Å²) in [6.45, 7) is 8.93. The highest BCUT2D eigenvalue weighted by Crippen LogP contribution is 2.41. The molecule has 0 aliphatic carbocycles. The van der Waals surface area contributed by atoms with Crippen LogP contribution in [-0.4, -0.2) is 42.0 Å². The third-order valence-corrected chi connectivity index (χ3v) is 7.27. The number of hydrogen-bond donors (Lipinski definition) is 1. The first-order chi connectivity index (χ1) is 18.5. The number of carbonyl (C=O) groups excluding carboxylic acids is 2. The second kappa shape index (κ2) is 11.5. The minimum absolute atomic E-state index is 0.00814. The Bertz CT molecular complexity index is 1390. The van der Waals surface area contributed by atoms with E-state index in [1.165, 1.54) is 4.90 Å². The largest absolute Gasteiger partial charge is 0.507 e. The first-order valence-corrected chi connectivity index (χ1v) is 13.4. The van der Waals surface area contributed by atoms with Crippen LogP contribution >= 0.6 is 11.6 Å². The van der Waals surface area contributed by atoms with Gasteiger partial charge in [-0.1, -0.05) is 68.8 Å². The number of Topliss-reactive ketones (excluding diaryl/α,β-unsaturated/α-hetero) is 1. The van der Waals surface area contributed by atoms with Gasteiger partial charge in [-0.05, 0) is 65.8 Å². The third-order valence-electron chi connectivity index (χ3n) is 6.94. The molecule has 1 fully saturated rings. The van der Waals surface area contributed by atoms with Crippen LogP contribution in [0.5, 0.6) is 11.5 Å². The summed E-state index contributed by atoms with van der Waals surface area (Å²) in [5, 5.41) is 11.7. The van der Waals surface area contributed by atoms with Crippen LogP contribution in [-0.2, 0) is 21.4 Å². The van der Waals surface area contributed by atoms with E-state index in [2.05, 4.69) is 20.8 Å². The molecular formula is C32H34ClNO5. The number of benzene rings is 3. The van der Waals surface area contributed by atoms with Gasteiger partial charge in [0.1, 0.15) is 17.3 Å². The van der Waals surface area contributed by atoms with Crippen molar-refractivity contribution in [2.24, 2.45) is 0 Å². The van der Waals surface area contributed by atoms with Gasteiger partial charge in [0.2, 0.25) is 0 Å². The standard InChI is InChI=1S/C32H34ClNO5/c1-6-39-24-15-16-26(33)25(19-24)29(35)27-28(21-9-11-22(12-10-21)32(2,3)4)34(31(37)30(27)36)18-17-20-7-13-23(38-5)14-8-20/h7-16,19,28,35H,6,17-18H2,1-5H3/b29-27+. The average Bonchev–Trinajstić information content (AvgIpc) is 3.17. The fourth-order valence-electron chi connectivity index (χ4n) is 4.75. The second-order valence-electron chi connectivity index (χ2n) is 10.5. The van der Waals surface area contributed by atoms with Gasteiger partial charge in [-0.2, -0.15) is 0 Å². The van der Waals surface area contributed by atoms with Crippen LogP contribution in [0.3, 0.4) is 0 Å². The molecule has 7 heteroatoms. The smallest absolute Gasteiger partial charge is 0.295 e. The molecule has 1 aliphatic rings. The first kappa shape index (κ1) is 28.2. The van der Waals surface area contributed by atoms with Gasteiger partial charge >= 0.3 is 0 Å². The molecule has 1 amide bonds. The lowest BCUT2D eigenvalue weighted by molar-refractivity contribution is -0.139. The van der Waals surface area contributed by atoms with E-state index < -0.39 is 17.7 Å². The zero-order valence-electron chi connectivity index (χ0n) is 23.0. The SMILES string of the molecule is CCOc1ccc(Cl)c(/C(O)=C2\C(=O)C(=O)N(CCc3ccc(OC)cc3)C2c2ccc(C(C)(C)C)cc2)c1. The molecule has 0 bridgehead atoms. The molecule has 3 aromatic rings. The normalized spacial score (nSPS) is 17.0. The minimum Gasteiger partial charge on any atom is -0.507 e. The van der Waals surface area contributed by atoms with Crippen LogP contribution in [0.15, 0.2) is 72.3 Å². The molecule has 3 aromatic carbocycles. The highest BCUT2D eigenvalue weighted by atomic mass is 35.5. The van der Waals surface area contributed by atoms with E-state index in [9.17, 15) is 14.7 Å². The molecule has 4 rings (SSSR count). The summed E-state index contributed by atoms with van der Waals surface area (Å²) >= 11 is 6.45. The van der Waals surface area contributed by atoms with Crippen molar-refractivity contribution < 1.29 is 24.2 Å². The number of ether oxygens (including phenoxy) is 2. The number of likely N-dealkylation sites (tertiary alicyclic amines) is 1. The molecule has 204 valence electrons. The van der Waals surface area contributed by atoms with Crippen LogP contribution in [0.4, 0.5) is 0 Å². The van der Waals surface area contributed by atoms with Crippen molar-refractivity contribution in [1.29, 1.82) is 0 Å². The molecule has 1 heterocycles. The Balaban J connectivity index is 1.80. The van der Waals surface area contributed by atoms with Gasteiger partial charge < -0.3 is 19.5 Å². The van der Waals surface area contributed by atoms with E-state index in [4.69, 9.17) is 21.1 Å². The molecule has 0 radical (unpaired) electrons. The number of carbonyl (C=O) groups is 2. The Morgan fingerprint density at radius 2 is 1.62 bits per heavy atom. The Hall–Kier alpha value is -3.77. The topological polar surface area (TPSA) is 76.1 Å². The van der Waals surface area contributed by atoms with Gasteiger partial charge in [0.25, 0.3) is 11.7 Å². The van der Waals surface area contributed by atoms with Crippen molar-refractivity contribution in [3.8, 4) is 11.5 Å². The number of aliphatic hydroxyl groups is 1. The molecule has 1 N–H and O–H groups in total. The Morgan fingerprint density at radius 1 is 0.974 bits per heavy atom. The van der Waals surface area contributed by atoms with Gasteiger partial charge in [-0.25, -0.2) is 0 Å². The van der Waals surface area contributed by atoms with Crippen LogP contribution in [0.1, 0.15) is 56.0 Å². The van der Waals surface area contributed by atoms with Crippen molar-refractivity contribution in [2.75, 3.05) is 20.3 Å². The van der Waals surface area contributed by atoms with Crippen LogP contribution in [0.2, 0.25) is 5.02 Å². The highest BCUT2D eigenvalue weighted by molar-refractivity contribution is 6.47. The summed E-state index contributed by atoms with van der Waals surface area (Å²) in [5.41, 5.74) is 3.03. The number of halogens is 1. The number of rotatable bonds is 8. The molecule has 1 unspecified atom stereocenters. The van der Waals surface area contributed by atoms with E-state index in [0.717, 1.165) is 22.4 Å². The second-order valence-corrected chi connectivity index (χ2v) is 10.9. The van der Waals surface area contributed by atoms with Crippen molar-refractivity contribution >= 4 is 29.1 Å². The minimum atomic E-state index is -0.774. The molecule has 0 saturated carbocycles. The quantitative estimate of drug-likeness (QED) is 0.193. The first-order valence-electron chi connectivity index (χ1n) is 13.0. The van der Waals surface area contributed by atoms with Gasteiger partial charge in [0.05, 0.1) is 30.4 Å². The predicted molar refractivity (Wildman–Crippen MR) is 153 cm³/mol. The van der Waals surface area contributed by atoms with E-state index in [1.807, 2.05) is 55.5 Å². The molecule has 0 spiro atoms. The summed E-state index contributed by atoms with van der Waals surface area (Å²) in [6.07, 6.45) is 0.522. The number of methoxy groups -OCH3 is 1. The number of ketones is 1. The fourth-order valence-corrected chi connectivity index (χ4v) is 4.96. The molecule has 39 heavy (non-hydrogen) atoms. The number of nitrogens with zero attached hydrogens (tertiary/aromatic N) is 1. The van der Waals surface area contributed by atoms with E-state index in [-0.39, 0.29) is 33.9 Å². The predicted octanol–water partition coefficient (Wildman–Crippen LogP) is 6.71. The zero-order chi connectivity index (χ0) is 28.3. The summed E-state index contributed by atoms with van der Waals surface area (Å²) < 4.78 is 10.8. The molecular weight excluding hydrogens is 514 g/mol. The van der Waals surface area contributed by atoms with E-state index in [0.29, 0.717) is 18.8 Å². The zero-order valence-corrected chi connectivity index (χ0v) is 23.7. The summed E-state index contributed by atoms with van der Waals surface area (Å²) in [4.78, 5) is 28.4. The van der Waals surface area contributed by atoms with Crippen LogP contribution in [0.25, 0.3) is 5.76 Å². The Kier molecular flexibility index (Phi) is 8.36. The van der Waals surface area contributed by atoms with E-state index >= 15 is 0 Å². The third kappa shape index (κ3) is 5.96. The molecule has 1 aliphatic heterocycles. The summed E-state index contributed by atoms with van der Waals surface area (Å²) in [7, 11) is 1.61. The van der Waals surface area contributed by atoms with Gasteiger partial charge in [0.15, 0.2) is 0 Å². The molecule has 0 aromatic heterocycles. The summed E-state index contributed by atoms with van der Waals surface area (Å²) in [6, 6.07) is 19.5. The number of aliphatic hydroxyl groups excluding tert-OH is 1. The van der Waals surface area contributed by atoms with E-state index in [1.54, 1.807) is 25.3 Å². The fraction of sp³-hybridized carbons (Fsp3) is 0.312. The maximum absolute atomic E-state index is 13.5. The average molecular weight is 548 g/mol. The maximum Gasteiger partial charge on any atom is 0.295 e. The Labute approximate surface area is 234 Å². The summed E-state index contributed by atoms with van der Waals surface area (Å²) in [5.74, 6) is -0.485. The van der Waals surface area contributed by atoms with Crippen LogP contribution in [0, 0.1) is 0 Å². The van der Waals surface area contributed by atoms with Gasteiger partial charge in [-0.15, -0.1) is 0 Å². The highest BCUT2D eigenvalue weighted by Gasteiger charge is 2.46. The molecule has 6 nitrogen and oxygen atoms in total. The molecule has 1 atom stereocenters. The number of hydrogen-bond acceptors (Lipinski definition) is 5. The van der Waals surface area contributed by atoms with Crippen molar-refractivity contribution in [1.82, 2.24) is 4.90 Å². The van der Waals surface area contributed by atoms with Crippen molar-refractivity contribution in [2.45, 2.75) is 45.6 Å². The lowest BCUT2D eigenvalue weighted by Crippen LogP contribution is -2.31. The maximum atomic E-state index is 13.5. The van der Waals surface area contributed by atoms with Gasteiger partial charge in [-0.3, -0.25) is 9.59 Å². The Morgan fingerprint density at radius 3 is 2.21 bits per heavy atom. The van der Waals surface area contributed by atoms with Crippen LogP contribution < -0.4 is 9.47 Å². The lowest BCUT2D eigenvalue weighted by atomic mass is 9.85. The van der Waals surface area contributed by atoms with Gasteiger partial charge in [0, 0.05) is 12.1 Å². The lowest BCUT2D eigenvalue weighted by Gasteiger charge is -2.26. The monoisotopic (exact) mass is 547 g/mol. The number of amides is 1. The van der Waals surface area contributed by atoms with Crippen molar-refractivity contribution in [3.05, 3.63) is 99.6 Å². The van der Waals surface area contributed by atoms with Crippen molar-refractivity contribution in [3.63, 3.8) is 0 Å².